The first-order valence-electron chi connectivity index (χ1n) is 9.10. The first-order chi connectivity index (χ1) is 13.6. The van der Waals surface area contributed by atoms with Crippen molar-refractivity contribution in [1.82, 2.24) is 4.90 Å². The van der Waals surface area contributed by atoms with Gasteiger partial charge in [0.15, 0.2) is 6.10 Å². The van der Waals surface area contributed by atoms with E-state index in [0.717, 1.165) is 11.1 Å². The van der Waals surface area contributed by atoms with Crippen LogP contribution in [-0.4, -0.2) is 46.4 Å². The van der Waals surface area contributed by atoms with E-state index in [9.17, 15) is 9.59 Å². The van der Waals surface area contributed by atoms with Crippen LogP contribution in [0.1, 0.15) is 17.2 Å². The molecule has 3 atom stereocenters. The van der Waals surface area contributed by atoms with E-state index in [0.29, 0.717) is 5.75 Å². The van der Waals surface area contributed by atoms with Crippen molar-refractivity contribution in [3.05, 3.63) is 71.8 Å². The number of halogens is 2. The Morgan fingerprint density at radius 1 is 1.17 bits per heavy atom. The Labute approximate surface area is 185 Å². The van der Waals surface area contributed by atoms with Gasteiger partial charge < -0.3 is 15.4 Å². The predicted octanol–water partition coefficient (Wildman–Crippen LogP) is 3.21. The first-order valence-corrected chi connectivity index (χ1v) is 10.7. The van der Waals surface area contributed by atoms with Crippen LogP contribution in [0, 0.1) is 5.41 Å². The number of β-lactam (4-membered cyclic amide) rings is 1. The lowest BCUT2D eigenvalue weighted by atomic mass is 9.89. The zero-order chi connectivity index (χ0) is 19.7. The highest BCUT2D eigenvalue weighted by Crippen LogP contribution is 2.43. The summed E-state index contributed by atoms with van der Waals surface area (Å²) in [5, 5.41) is -0.0734. The fraction of sp³-hybridized carbons (Fsp3) is 0.333. The summed E-state index contributed by atoms with van der Waals surface area (Å²) in [5.74, 6) is 0.0378. The molecule has 5 nitrogen and oxygen atoms in total. The second kappa shape index (κ2) is 8.96. The van der Waals surface area contributed by atoms with Gasteiger partial charge in [-0.1, -0.05) is 60.7 Å². The summed E-state index contributed by atoms with van der Waals surface area (Å²) in [7, 11) is 0. The maximum Gasteiger partial charge on any atom is 0.316 e. The number of thioether (sulfide) groups is 1. The van der Waals surface area contributed by atoms with Crippen LogP contribution in [-0.2, 0) is 14.3 Å². The Kier molecular flexibility index (Phi) is 6.79. The number of benzene rings is 2. The Bertz CT molecular complexity index is 831. The van der Waals surface area contributed by atoms with Crippen LogP contribution in [0.4, 0.5) is 0 Å². The zero-order valence-corrected chi connectivity index (χ0v) is 18.0. The molecule has 2 aromatic rings. The highest BCUT2D eigenvalue weighted by atomic mass is 35.5. The van der Waals surface area contributed by atoms with E-state index in [2.05, 4.69) is 0 Å². The number of ether oxygens (including phenoxy) is 1. The van der Waals surface area contributed by atoms with Crippen molar-refractivity contribution >= 4 is 47.6 Å². The van der Waals surface area contributed by atoms with Crippen LogP contribution >= 0.6 is 35.8 Å². The molecule has 0 aliphatic carbocycles. The van der Waals surface area contributed by atoms with Gasteiger partial charge in [0.05, 0.1) is 0 Å². The van der Waals surface area contributed by atoms with Crippen molar-refractivity contribution in [3.8, 4) is 0 Å². The van der Waals surface area contributed by atoms with Crippen molar-refractivity contribution in [3.63, 3.8) is 0 Å². The third kappa shape index (κ3) is 3.99. The average molecular weight is 453 g/mol. The van der Waals surface area contributed by atoms with Crippen LogP contribution in [0.3, 0.4) is 0 Å². The summed E-state index contributed by atoms with van der Waals surface area (Å²) >= 11 is 7.74. The molecule has 2 heterocycles. The molecule has 2 aliphatic rings. The molecule has 2 N–H and O–H groups in total. The van der Waals surface area contributed by atoms with Gasteiger partial charge >= 0.3 is 5.97 Å². The topological polar surface area (TPSA) is 72.6 Å². The minimum absolute atomic E-state index is 0. The maximum atomic E-state index is 13.3. The fourth-order valence-corrected chi connectivity index (χ4v) is 5.49. The lowest BCUT2D eigenvalue weighted by Crippen LogP contribution is -2.72. The monoisotopic (exact) mass is 452 g/mol. The zero-order valence-electron chi connectivity index (χ0n) is 15.6. The third-order valence-corrected chi connectivity index (χ3v) is 7.42. The Morgan fingerprint density at radius 3 is 2.24 bits per heavy atom. The summed E-state index contributed by atoms with van der Waals surface area (Å²) in [6.45, 7) is 0.246. The van der Waals surface area contributed by atoms with Crippen molar-refractivity contribution in [2.45, 2.75) is 17.5 Å². The van der Waals surface area contributed by atoms with Gasteiger partial charge in [0, 0.05) is 18.2 Å². The van der Waals surface area contributed by atoms with Crippen LogP contribution in [0.2, 0.25) is 0 Å². The molecule has 8 heteroatoms. The van der Waals surface area contributed by atoms with Gasteiger partial charge in [-0.3, -0.25) is 9.59 Å². The van der Waals surface area contributed by atoms with Crippen LogP contribution in [0.15, 0.2) is 60.7 Å². The van der Waals surface area contributed by atoms with E-state index in [1.54, 1.807) is 4.90 Å². The van der Waals surface area contributed by atoms with E-state index < -0.39 is 17.6 Å². The molecule has 0 bridgehead atoms. The molecule has 0 saturated carbocycles. The molecular formula is C21H22Cl2N2O3S. The number of nitrogens with two attached hydrogens (primary N) is 1. The number of nitrogens with zero attached hydrogens (tertiary/aromatic N) is 1. The Balaban J connectivity index is 0.00000240. The SMILES string of the molecule is Cl.NC1C(=O)N2CC(CCl)(C(=O)OC(c3ccccc3)c3ccccc3)CS[C@H]12. The van der Waals surface area contributed by atoms with Crippen molar-refractivity contribution in [2.75, 3.05) is 18.2 Å². The molecule has 154 valence electrons. The summed E-state index contributed by atoms with van der Waals surface area (Å²) in [6, 6.07) is 18.7. The second-order valence-electron chi connectivity index (χ2n) is 7.21. The molecule has 2 saturated heterocycles. The molecule has 4 rings (SSSR count). The first kappa shape index (κ1) is 22.0. The summed E-state index contributed by atoms with van der Waals surface area (Å²) in [4.78, 5) is 27.0. The summed E-state index contributed by atoms with van der Waals surface area (Å²) in [6.07, 6.45) is -0.535. The number of hydrogen-bond acceptors (Lipinski definition) is 5. The van der Waals surface area contributed by atoms with Crippen LogP contribution in [0.5, 0.6) is 0 Å². The molecule has 0 radical (unpaired) electrons. The largest absolute Gasteiger partial charge is 0.452 e. The van der Waals surface area contributed by atoms with Gasteiger partial charge in [-0.15, -0.1) is 35.8 Å². The number of carbonyl (C=O) groups is 2. The summed E-state index contributed by atoms with van der Waals surface area (Å²) in [5.41, 5.74) is 6.68. The number of amides is 1. The van der Waals surface area contributed by atoms with Gasteiger partial charge in [-0.05, 0) is 11.1 Å². The average Bonchev–Trinajstić information content (AvgIpc) is 2.77. The van der Waals surface area contributed by atoms with E-state index in [1.807, 2.05) is 60.7 Å². The van der Waals surface area contributed by atoms with E-state index >= 15 is 0 Å². The molecule has 1 amide bonds. The Morgan fingerprint density at radius 2 is 1.72 bits per heavy atom. The quantitative estimate of drug-likeness (QED) is 0.428. The number of fused-ring (bicyclic) bond motifs is 1. The molecule has 2 unspecified atom stereocenters. The smallest absolute Gasteiger partial charge is 0.316 e. The lowest BCUT2D eigenvalue weighted by molar-refractivity contribution is -0.163. The van der Waals surface area contributed by atoms with Crippen molar-refractivity contribution in [1.29, 1.82) is 0 Å². The molecule has 2 fully saturated rings. The molecular weight excluding hydrogens is 431 g/mol. The minimum atomic E-state index is -0.944. The van der Waals surface area contributed by atoms with Gasteiger partial charge in [0.2, 0.25) is 5.91 Å². The maximum absolute atomic E-state index is 13.3. The van der Waals surface area contributed by atoms with E-state index in [-0.39, 0.29) is 42.1 Å². The van der Waals surface area contributed by atoms with Gasteiger partial charge in [0.25, 0.3) is 0 Å². The lowest BCUT2D eigenvalue weighted by Gasteiger charge is -2.52. The van der Waals surface area contributed by atoms with Crippen molar-refractivity contribution < 1.29 is 14.3 Å². The summed E-state index contributed by atoms with van der Waals surface area (Å²) < 4.78 is 6.02. The molecule has 29 heavy (non-hydrogen) atoms. The molecule has 2 aromatic carbocycles. The normalized spacial score (nSPS) is 25.6. The number of alkyl halides is 1. The van der Waals surface area contributed by atoms with Gasteiger partial charge in [-0.2, -0.15) is 0 Å². The van der Waals surface area contributed by atoms with Crippen LogP contribution in [0.25, 0.3) is 0 Å². The number of carbonyl (C=O) groups excluding carboxylic acids is 2. The molecule has 0 aromatic heterocycles. The fourth-order valence-electron chi connectivity index (χ4n) is 3.60. The van der Waals surface area contributed by atoms with E-state index in [1.165, 1.54) is 11.8 Å². The standard InChI is InChI=1S/C21H21ClN2O3S.ClH/c22-11-21(12-24-18(25)16(23)19(24)28-13-21)20(26)27-17(14-7-3-1-4-8-14)15-9-5-2-6-10-15;/h1-10,16-17,19H,11-13,23H2;1H/t16?,19-,21?;/m1./s1. The van der Waals surface area contributed by atoms with Gasteiger partial charge in [-0.25, -0.2) is 0 Å². The number of hydrogen-bond donors (Lipinski definition) is 1. The highest BCUT2D eigenvalue weighted by Gasteiger charge is 2.56. The third-order valence-electron chi connectivity index (χ3n) is 5.30. The Hall–Kier alpha value is -1.73. The minimum Gasteiger partial charge on any atom is -0.452 e. The van der Waals surface area contributed by atoms with Gasteiger partial charge in [0.1, 0.15) is 16.8 Å². The van der Waals surface area contributed by atoms with E-state index in [4.69, 9.17) is 22.1 Å². The second-order valence-corrected chi connectivity index (χ2v) is 8.59. The molecule has 0 spiro atoms. The highest BCUT2D eigenvalue weighted by molar-refractivity contribution is 8.00. The predicted molar refractivity (Wildman–Crippen MR) is 117 cm³/mol. The molecule has 2 aliphatic heterocycles. The van der Waals surface area contributed by atoms with Crippen molar-refractivity contribution in [2.24, 2.45) is 11.1 Å². The number of esters is 1. The van der Waals surface area contributed by atoms with Crippen LogP contribution < -0.4 is 5.73 Å². The number of rotatable bonds is 5.